The number of rotatable bonds is 14. The number of carbonyl (C=O) groups is 1. The highest BCUT2D eigenvalue weighted by molar-refractivity contribution is 5.91. The van der Waals surface area contributed by atoms with E-state index in [0.717, 1.165) is 42.9 Å². The summed E-state index contributed by atoms with van der Waals surface area (Å²) in [6.45, 7) is 4.78. The molecule has 0 saturated carbocycles. The van der Waals surface area contributed by atoms with E-state index in [2.05, 4.69) is 23.8 Å². The van der Waals surface area contributed by atoms with E-state index in [1.807, 2.05) is 12.4 Å². The summed E-state index contributed by atoms with van der Waals surface area (Å²) in [5.41, 5.74) is 2.05. The lowest BCUT2D eigenvalue weighted by Crippen LogP contribution is -2.09. The van der Waals surface area contributed by atoms with Crippen molar-refractivity contribution in [2.75, 3.05) is 6.61 Å². The van der Waals surface area contributed by atoms with Crippen LogP contribution in [0.2, 0.25) is 0 Å². The third kappa shape index (κ3) is 8.46. The Balaban J connectivity index is 1.48. The molecule has 0 bridgehead atoms. The van der Waals surface area contributed by atoms with E-state index in [1.54, 1.807) is 24.3 Å². The number of halogens is 1. The summed E-state index contributed by atoms with van der Waals surface area (Å²) in [4.78, 5) is 21.3. The molecular weight excluding hydrogens is 443 g/mol. The number of carbonyl (C=O) groups excluding carboxylic acids is 1. The first kappa shape index (κ1) is 26.3. The number of nitrogens with zero attached hydrogens (tertiary/aromatic N) is 2. The summed E-state index contributed by atoms with van der Waals surface area (Å²) in [5.74, 6) is -0.0726. The topological polar surface area (TPSA) is 61.3 Å². The molecule has 0 amide bonds. The van der Waals surface area contributed by atoms with Gasteiger partial charge in [-0.05, 0) is 60.9 Å². The Kier molecular flexibility index (Phi) is 10.7. The maximum atomic E-state index is 14.4. The molecule has 0 spiro atoms. The molecular formula is C29H35FN2O3. The molecule has 2 aromatic carbocycles. The van der Waals surface area contributed by atoms with Crippen molar-refractivity contribution in [1.29, 1.82) is 0 Å². The monoisotopic (exact) mass is 478 g/mol. The molecule has 6 heteroatoms. The second-order valence-corrected chi connectivity index (χ2v) is 8.69. The Bertz CT molecular complexity index is 1050. The lowest BCUT2D eigenvalue weighted by Gasteiger charge is -2.09. The van der Waals surface area contributed by atoms with Gasteiger partial charge < -0.3 is 9.47 Å². The maximum absolute atomic E-state index is 14.4. The van der Waals surface area contributed by atoms with E-state index in [-0.39, 0.29) is 11.3 Å². The molecule has 0 saturated heterocycles. The molecule has 3 rings (SSSR count). The third-order valence-electron chi connectivity index (χ3n) is 5.74. The average molecular weight is 479 g/mol. The van der Waals surface area contributed by atoms with Gasteiger partial charge in [-0.15, -0.1) is 0 Å². The first-order valence-electron chi connectivity index (χ1n) is 12.7. The van der Waals surface area contributed by atoms with E-state index in [9.17, 15) is 9.18 Å². The van der Waals surface area contributed by atoms with Gasteiger partial charge in [0.25, 0.3) is 0 Å². The van der Waals surface area contributed by atoms with E-state index >= 15 is 0 Å². The van der Waals surface area contributed by atoms with Crippen LogP contribution in [-0.2, 0) is 6.42 Å². The van der Waals surface area contributed by atoms with Gasteiger partial charge in [-0.3, -0.25) is 0 Å². The normalized spacial score (nSPS) is 10.8. The molecule has 0 aliphatic heterocycles. The molecule has 1 aromatic heterocycles. The van der Waals surface area contributed by atoms with Gasteiger partial charge in [0.05, 0.1) is 12.2 Å². The van der Waals surface area contributed by atoms with Crippen molar-refractivity contribution in [3.8, 4) is 22.9 Å². The highest BCUT2D eigenvalue weighted by Gasteiger charge is 2.13. The van der Waals surface area contributed by atoms with Crippen molar-refractivity contribution >= 4 is 5.97 Å². The number of aryl methyl sites for hydroxylation is 1. The largest absolute Gasteiger partial charge is 0.491 e. The molecule has 0 fully saturated rings. The number of ether oxygens (including phenoxy) is 2. The van der Waals surface area contributed by atoms with Gasteiger partial charge in [0.15, 0.2) is 17.4 Å². The van der Waals surface area contributed by atoms with Crippen molar-refractivity contribution < 1.29 is 18.7 Å². The van der Waals surface area contributed by atoms with Crippen LogP contribution in [0.15, 0.2) is 54.9 Å². The Morgan fingerprint density at radius 1 is 0.857 bits per heavy atom. The average Bonchev–Trinajstić information content (AvgIpc) is 2.87. The minimum absolute atomic E-state index is 0.129. The molecule has 0 aliphatic carbocycles. The Labute approximate surface area is 207 Å². The summed E-state index contributed by atoms with van der Waals surface area (Å²) < 4.78 is 25.4. The molecule has 0 aliphatic rings. The van der Waals surface area contributed by atoms with Gasteiger partial charge in [0, 0.05) is 18.0 Å². The fraction of sp³-hybridized carbons (Fsp3) is 0.414. The Morgan fingerprint density at radius 2 is 1.54 bits per heavy atom. The fourth-order valence-corrected chi connectivity index (χ4v) is 3.75. The SMILES string of the molecule is CCCCCCCCCOc1ccc(C(=O)Oc2ccc(-c3ncc(CCC)cn3)cc2)cc1F. The molecule has 186 valence electrons. The van der Waals surface area contributed by atoms with Crippen LogP contribution in [0.5, 0.6) is 11.5 Å². The summed E-state index contributed by atoms with van der Waals surface area (Å²) in [7, 11) is 0. The molecule has 0 unspecified atom stereocenters. The minimum Gasteiger partial charge on any atom is -0.491 e. The summed E-state index contributed by atoms with van der Waals surface area (Å²) >= 11 is 0. The second kappa shape index (κ2) is 14.2. The summed E-state index contributed by atoms with van der Waals surface area (Å²) in [6, 6.07) is 11.1. The van der Waals surface area contributed by atoms with Crippen LogP contribution in [-0.4, -0.2) is 22.5 Å². The van der Waals surface area contributed by atoms with Crippen LogP contribution < -0.4 is 9.47 Å². The number of benzene rings is 2. The Morgan fingerprint density at radius 3 is 2.20 bits per heavy atom. The lowest BCUT2D eigenvalue weighted by molar-refractivity contribution is 0.0734. The van der Waals surface area contributed by atoms with Gasteiger partial charge in [-0.1, -0.05) is 58.8 Å². The van der Waals surface area contributed by atoms with E-state index in [4.69, 9.17) is 9.47 Å². The molecule has 3 aromatic rings. The molecule has 0 N–H and O–H groups in total. The van der Waals surface area contributed by atoms with Crippen molar-refractivity contribution in [3.63, 3.8) is 0 Å². The van der Waals surface area contributed by atoms with E-state index in [0.29, 0.717) is 18.2 Å². The fourth-order valence-electron chi connectivity index (χ4n) is 3.75. The van der Waals surface area contributed by atoms with Crippen LogP contribution >= 0.6 is 0 Å². The van der Waals surface area contributed by atoms with E-state index < -0.39 is 11.8 Å². The van der Waals surface area contributed by atoms with Gasteiger partial charge in [0.1, 0.15) is 5.75 Å². The zero-order chi connectivity index (χ0) is 24.9. The first-order chi connectivity index (χ1) is 17.1. The zero-order valence-corrected chi connectivity index (χ0v) is 20.8. The molecule has 5 nitrogen and oxygen atoms in total. The smallest absolute Gasteiger partial charge is 0.343 e. The standard InChI is InChI=1S/C29H35FN2O3/c1-3-5-6-7-8-9-10-18-34-27-17-14-24(19-26(27)30)29(33)35-25-15-12-23(13-16-25)28-31-20-22(11-4-2)21-32-28/h12-17,19-21H,3-11,18H2,1-2H3. The van der Waals surface area contributed by atoms with Crippen molar-refractivity contribution in [3.05, 3.63) is 71.8 Å². The van der Waals surface area contributed by atoms with Crippen molar-refractivity contribution in [1.82, 2.24) is 9.97 Å². The number of aromatic nitrogens is 2. The summed E-state index contributed by atoms with van der Waals surface area (Å²) in [6.07, 6.45) is 13.8. The van der Waals surface area contributed by atoms with Crippen molar-refractivity contribution in [2.24, 2.45) is 0 Å². The summed E-state index contributed by atoms with van der Waals surface area (Å²) in [5, 5.41) is 0. The van der Waals surface area contributed by atoms with Crippen LogP contribution in [0, 0.1) is 5.82 Å². The highest BCUT2D eigenvalue weighted by Crippen LogP contribution is 2.23. The molecule has 35 heavy (non-hydrogen) atoms. The van der Waals surface area contributed by atoms with Crippen molar-refractivity contribution in [2.45, 2.75) is 71.6 Å². The number of hydrogen-bond donors (Lipinski definition) is 0. The van der Waals surface area contributed by atoms with Gasteiger partial charge >= 0.3 is 5.97 Å². The lowest BCUT2D eigenvalue weighted by atomic mass is 10.1. The number of esters is 1. The predicted octanol–water partition coefficient (Wildman–Crippen LogP) is 7.58. The third-order valence-corrected chi connectivity index (χ3v) is 5.74. The number of hydrogen-bond acceptors (Lipinski definition) is 5. The quantitative estimate of drug-likeness (QED) is 0.136. The van der Waals surface area contributed by atoms with Gasteiger partial charge in [0.2, 0.25) is 0 Å². The second-order valence-electron chi connectivity index (χ2n) is 8.69. The molecule has 0 radical (unpaired) electrons. The predicted molar refractivity (Wildman–Crippen MR) is 136 cm³/mol. The first-order valence-corrected chi connectivity index (χ1v) is 12.7. The molecule has 1 heterocycles. The maximum Gasteiger partial charge on any atom is 0.343 e. The zero-order valence-electron chi connectivity index (χ0n) is 20.8. The van der Waals surface area contributed by atoms with Crippen LogP contribution in [0.1, 0.15) is 81.1 Å². The van der Waals surface area contributed by atoms with Crippen LogP contribution in [0.25, 0.3) is 11.4 Å². The van der Waals surface area contributed by atoms with Gasteiger partial charge in [-0.2, -0.15) is 0 Å². The minimum atomic E-state index is -0.629. The van der Waals surface area contributed by atoms with E-state index in [1.165, 1.54) is 44.2 Å². The van der Waals surface area contributed by atoms with Crippen LogP contribution in [0.3, 0.4) is 0 Å². The van der Waals surface area contributed by atoms with Crippen LogP contribution in [0.4, 0.5) is 4.39 Å². The van der Waals surface area contributed by atoms with Gasteiger partial charge in [-0.25, -0.2) is 19.2 Å². The highest BCUT2D eigenvalue weighted by atomic mass is 19.1. The number of unbranched alkanes of at least 4 members (excludes halogenated alkanes) is 6. The Hall–Kier alpha value is -3.28. The molecule has 0 atom stereocenters.